The lowest BCUT2D eigenvalue weighted by molar-refractivity contribution is -0.135. The molecule has 9 heteroatoms. The van der Waals surface area contributed by atoms with Crippen LogP contribution in [-0.2, 0) is 4.79 Å². The molecule has 1 aromatic carbocycles. The topological polar surface area (TPSA) is 74.8 Å². The highest BCUT2D eigenvalue weighted by molar-refractivity contribution is 5.94. The largest absolute Gasteiger partial charge is 0.457 e. The molecule has 30 heavy (non-hydrogen) atoms. The van der Waals surface area contributed by atoms with E-state index in [0.29, 0.717) is 43.2 Å². The molecule has 2 aromatic rings. The molecule has 2 saturated heterocycles. The van der Waals surface area contributed by atoms with Crippen molar-refractivity contribution in [2.75, 3.05) is 32.7 Å². The number of carbonyl (C=O) groups is 2. The summed E-state index contributed by atoms with van der Waals surface area (Å²) < 4.78 is 5.82. The number of aromatic nitrogens is 1. The molecule has 2 amide bonds. The van der Waals surface area contributed by atoms with Crippen molar-refractivity contribution in [3.63, 3.8) is 0 Å². The number of piperazine rings is 1. The Hall–Kier alpha value is -2.35. The monoisotopic (exact) mass is 452 g/mol. The molecule has 7 nitrogen and oxygen atoms in total. The van der Waals surface area contributed by atoms with E-state index in [1.54, 1.807) is 36.7 Å². The first-order chi connectivity index (χ1) is 13.7. The van der Waals surface area contributed by atoms with Crippen LogP contribution in [0.25, 0.3) is 0 Å². The predicted octanol–water partition coefficient (Wildman–Crippen LogP) is 2.75. The van der Waals surface area contributed by atoms with Crippen LogP contribution in [0.15, 0.2) is 48.8 Å². The van der Waals surface area contributed by atoms with Gasteiger partial charge in [-0.25, -0.2) is 0 Å². The van der Waals surface area contributed by atoms with Crippen LogP contribution in [0.5, 0.6) is 11.5 Å². The van der Waals surface area contributed by atoms with E-state index in [1.165, 1.54) is 0 Å². The van der Waals surface area contributed by atoms with Crippen molar-refractivity contribution in [2.24, 2.45) is 0 Å². The highest BCUT2D eigenvalue weighted by Gasteiger charge is 2.32. The van der Waals surface area contributed by atoms with Gasteiger partial charge in [0.2, 0.25) is 5.91 Å². The quantitative estimate of drug-likeness (QED) is 0.771. The summed E-state index contributed by atoms with van der Waals surface area (Å²) in [6.45, 7) is 3.20. The zero-order valence-electron chi connectivity index (χ0n) is 16.5. The third kappa shape index (κ3) is 5.62. The van der Waals surface area contributed by atoms with E-state index >= 15 is 0 Å². The summed E-state index contributed by atoms with van der Waals surface area (Å²) in [5, 5.41) is 3.10. The third-order valence-corrected chi connectivity index (χ3v) is 5.22. The van der Waals surface area contributed by atoms with E-state index in [-0.39, 0.29) is 42.7 Å². The van der Waals surface area contributed by atoms with Crippen molar-refractivity contribution < 1.29 is 14.3 Å². The Morgan fingerprint density at radius 1 is 1.10 bits per heavy atom. The number of ether oxygens (including phenoxy) is 1. The minimum absolute atomic E-state index is 0. The van der Waals surface area contributed by atoms with Gasteiger partial charge in [0.25, 0.3) is 5.91 Å². The Morgan fingerprint density at radius 3 is 2.67 bits per heavy atom. The van der Waals surface area contributed by atoms with Crippen LogP contribution in [0.2, 0.25) is 0 Å². The summed E-state index contributed by atoms with van der Waals surface area (Å²) in [5.74, 6) is 1.39. The lowest BCUT2D eigenvalue weighted by atomic mass is 10.0. The molecule has 4 rings (SSSR count). The predicted molar refractivity (Wildman–Crippen MR) is 119 cm³/mol. The van der Waals surface area contributed by atoms with Gasteiger partial charge < -0.3 is 19.9 Å². The minimum atomic E-state index is -0.0209. The molecule has 2 fully saturated rings. The van der Waals surface area contributed by atoms with Crippen molar-refractivity contribution in [1.82, 2.24) is 20.1 Å². The number of hydrogen-bond acceptors (Lipinski definition) is 5. The SMILES string of the molecule is Cl.Cl.O=C(c1cccc(Oc2ccncc2)c1)N1CCCC(N2CCNCC2=O)C1. The zero-order chi connectivity index (χ0) is 19.3. The summed E-state index contributed by atoms with van der Waals surface area (Å²) >= 11 is 0. The van der Waals surface area contributed by atoms with Crippen LogP contribution >= 0.6 is 24.8 Å². The van der Waals surface area contributed by atoms with Crippen molar-refractivity contribution >= 4 is 36.6 Å². The average Bonchev–Trinajstić information content (AvgIpc) is 2.74. The summed E-state index contributed by atoms with van der Waals surface area (Å²) in [6.07, 6.45) is 5.17. The fourth-order valence-corrected chi connectivity index (χ4v) is 3.82. The van der Waals surface area contributed by atoms with E-state index in [9.17, 15) is 9.59 Å². The number of nitrogens with zero attached hydrogens (tertiary/aromatic N) is 3. The second-order valence-electron chi connectivity index (χ2n) is 7.12. The van der Waals surface area contributed by atoms with Crippen molar-refractivity contribution in [1.29, 1.82) is 0 Å². The van der Waals surface area contributed by atoms with Gasteiger partial charge in [0, 0.05) is 50.2 Å². The molecule has 2 aliphatic rings. The van der Waals surface area contributed by atoms with Crippen LogP contribution < -0.4 is 10.1 Å². The van der Waals surface area contributed by atoms with Crippen LogP contribution in [-0.4, -0.2) is 65.4 Å². The number of hydrogen-bond donors (Lipinski definition) is 1. The molecular formula is C21H26Cl2N4O3. The van der Waals surface area contributed by atoms with E-state index < -0.39 is 0 Å². The van der Waals surface area contributed by atoms with Gasteiger partial charge in [-0.15, -0.1) is 24.8 Å². The minimum Gasteiger partial charge on any atom is -0.457 e. The van der Waals surface area contributed by atoms with Crippen LogP contribution in [0.1, 0.15) is 23.2 Å². The lowest BCUT2D eigenvalue weighted by Gasteiger charge is -2.41. The summed E-state index contributed by atoms with van der Waals surface area (Å²) in [7, 11) is 0. The van der Waals surface area contributed by atoms with Gasteiger partial charge in [0.15, 0.2) is 0 Å². The van der Waals surface area contributed by atoms with Crippen LogP contribution in [0.4, 0.5) is 0 Å². The van der Waals surface area contributed by atoms with E-state index in [2.05, 4.69) is 10.3 Å². The number of likely N-dealkylation sites (tertiary alicyclic amines) is 1. The van der Waals surface area contributed by atoms with Gasteiger partial charge in [-0.1, -0.05) is 6.07 Å². The number of halogens is 2. The first-order valence-corrected chi connectivity index (χ1v) is 9.68. The van der Waals surface area contributed by atoms with Crippen LogP contribution in [0, 0.1) is 0 Å². The summed E-state index contributed by atoms with van der Waals surface area (Å²) in [5.41, 5.74) is 0.596. The number of nitrogens with one attached hydrogen (secondary N) is 1. The fourth-order valence-electron chi connectivity index (χ4n) is 3.82. The van der Waals surface area contributed by atoms with Gasteiger partial charge in [-0.05, 0) is 43.2 Å². The molecule has 1 unspecified atom stereocenters. The molecule has 0 bridgehead atoms. The standard InChI is InChI=1S/C21H24N4O3.2ClH/c26-20-14-23-10-12-25(20)17-4-2-11-24(15-17)21(27)16-3-1-5-19(13-16)28-18-6-8-22-9-7-18;;/h1,3,5-9,13,17,23H,2,4,10-12,14-15H2;2*1H. The van der Waals surface area contributed by atoms with Gasteiger partial charge in [0.05, 0.1) is 6.54 Å². The smallest absolute Gasteiger partial charge is 0.254 e. The molecule has 0 radical (unpaired) electrons. The molecule has 1 atom stereocenters. The first-order valence-electron chi connectivity index (χ1n) is 9.68. The van der Waals surface area contributed by atoms with E-state index in [0.717, 1.165) is 19.4 Å². The molecule has 3 heterocycles. The number of rotatable bonds is 4. The number of benzene rings is 1. The lowest BCUT2D eigenvalue weighted by Crippen LogP contribution is -2.57. The maximum Gasteiger partial charge on any atom is 0.254 e. The first kappa shape index (κ1) is 23.9. The maximum atomic E-state index is 13.1. The van der Waals surface area contributed by atoms with Crippen molar-refractivity contribution in [3.05, 3.63) is 54.4 Å². The molecule has 0 aliphatic carbocycles. The summed E-state index contributed by atoms with van der Waals surface area (Å²) in [4.78, 5) is 33.0. The van der Waals surface area contributed by atoms with Gasteiger partial charge >= 0.3 is 0 Å². The molecule has 1 N–H and O–H groups in total. The molecule has 0 saturated carbocycles. The number of piperidine rings is 1. The van der Waals surface area contributed by atoms with E-state index in [4.69, 9.17) is 4.74 Å². The van der Waals surface area contributed by atoms with Gasteiger partial charge in [-0.2, -0.15) is 0 Å². The maximum absolute atomic E-state index is 13.1. The molecule has 2 aliphatic heterocycles. The van der Waals surface area contributed by atoms with Gasteiger partial charge in [0.1, 0.15) is 11.5 Å². The Balaban J connectivity index is 0.00000160. The Labute approximate surface area is 188 Å². The number of amides is 2. The molecule has 162 valence electrons. The zero-order valence-corrected chi connectivity index (χ0v) is 18.2. The molecule has 1 aromatic heterocycles. The third-order valence-electron chi connectivity index (χ3n) is 5.22. The molecule has 0 spiro atoms. The van der Waals surface area contributed by atoms with Crippen molar-refractivity contribution in [3.8, 4) is 11.5 Å². The number of carbonyl (C=O) groups excluding carboxylic acids is 2. The fraction of sp³-hybridized carbons (Fsp3) is 0.381. The summed E-state index contributed by atoms with van der Waals surface area (Å²) in [6, 6.07) is 10.9. The normalized spacial score (nSPS) is 18.8. The van der Waals surface area contributed by atoms with Crippen LogP contribution in [0.3, 0.4) is 0 Å². The Bertz CT molecular complexity index is 853. The molecular weight excluding hydrogens is 427 g/mol. The Morgan fingerprint density at radius 2 is 1.90 bits per heavy atom. The highest BCUT2D eigenvalue weighted by Crippen LogP contribution is 2.24. The Kier molecular flexibility index (Phi) is 8.89. The highest BCUT2D eigenvalue weighted by atomic mass is 35.5. The average molecular weight is 453 g/mol. The van der Waals surface area contributed by atoms with Gasteiger partial charge in [-0.3, -0.25) is 14.6 Å². The van der Waals surface area contributed by atoms with Crippen molar-refractivity contribution in [2.45, 2.75) is 18.9 Å². The number of pyridine rings is 1. The van der Waals surface area contributed by atoms with E-state index in [1.807, 2.05) is 21.9 Å². The second kappa shape index (κ2) is 11.2. The second-order valence-corrected chi connectivity index (χ2v) is 7.12.